The maximum atomic E-state index is 13.8. The van der Waals surface area contributed by atoms with E-state index in [0.29, 0.717) is 0 Å². The number of rotatable bonds is 5. The second-order valence-electron chi connectivity index (χ2n) is 7.57. The van der Waals surface area contributed by atoms with Gasteiger partial charge in [-0.05, 0) is 19.2 Å². The number of piperazine rings is 1. The Morgan fingerprint density at radius 3 is 2.47 bits per heavy atom. The molecule has 0 atom stereocenters. The van der Waals surface area contributed by atoms with Crippen molar-refractivity contribution < 1.29 is 18.8 Å². The van der Waals surface area contributed by atoms with E-state index in [1.54, 1.807) is 0 Å². The van der Waals surface area contributed by atoms with Gasteiger partial charge in [-0.1, -0.05) is 18.2 Å². The number of Topliss-reactive ketones (excluding diaryl/α,β-unsaturated/α-hetero) is 1. The van der Waals surface area contributed by atoms with Crippen molar-refractivity contribution in [1.29, 1.82) is 0 Å². The molecule has 34 heavy (non-hydrogen) atoms. The van der Waals surface area contributed by atoms with Crippen LogP contribution in [0.1, 0.15) is 20.7 Å². The van der Waals surface area contributed by atoms with Gasteiger partial charge in [-0.25, -0.2) is 15.2 Å². The summed E-state index contributed by atoms with van der Waals surface area (Å²) in [5.41, 5.74) is 6.12. The number of nitrogens with one attached hydrogen (secondary N) is 1. The number of carbonyl (C=O) groups excluding carboxylic acids is 3. The van der Waals surface area contributed by atoms with Gasteiger partial charge in [-0.2, -0.15) is 0 Å². The number of halogens is 1. The van der Waals surface area contributed by atoms with E-state index in [9.17, 15) is 18.8 Å². The molecule has 0 radical (unpaired) electrons. The van der Waals surface area contributed by atoms with Gasteiger partial charge >= 0.3 is 0 Å². The van der Waals surface area contributed by atoms with Crippen LogP contribution in [0.5, 0.6) is 0 Å². The van der Waals surface area contributed by atoms with E-state index in [-0.39, 0.29) is 34.5 Å². The highest BCUT2D eigenvalue weighted by atomic mass is 19.1. The molecule has 3 heterocycles. The van der Waals surface area contributed by atoms with E-state index in [4.69, 9.17) is 11.6 Å². The van der Waals surface area contributed by atoms with E-state index in [1.807, 2.05) is 35.2 Å². The van der Waals surface area contributed by atoms with Crippen LogP contribution < -0.4 is 16.6 Å². The number of aldehydes is 1. The van der Waals surface area contributed by atoms with E-state index in [0.717, 1.165) is 42.9 Å². The molecular weight excluding hydrogens is 441 g/mol. The Morgan fingerprint density at radius 2 is 1.85 bits per heavy atom. The highest BCUT2D eigenvalue weighted by Gasteiger charge is 2.20. The largest absolute Gasteiger partial charge is 0.403 e. The minimum Gasteiger partial charge on any atom is -0.403 e. The highest BCUT2D eigenvalue weighted by Crippen LogP contribution is 2.27. The zero-order chi connectivity index (χ0) is 24.7. The van der Waals surface area contributed by atoms with E-state index in [1.165, 1.54) is 18.6 Å². The molecule has 11 heteroatoms. The Balaban J connectivity index is 0.000000196. The number of pyridine rings is 1. The van der Waals surface area contributed by atoms with E-state index in [2.05, 4.69) is 21.9 Å². The molecule has 1 fully saturated rings. The van der Waals surface area contributed by atoms with Crippen LogP contribution in [-0.4, -0.2) is 71.0 Å². The third-order valence-electron chi connectivity index (χ3n) is 5.32. The summed E-state index contributed by atoms with van der Waals surface area (Å²) in [5, 5.41) is 1.02. The highest BCUT2D eigenvalue weighted by molar-refractivity contribution is 6.36. The number of nitrogens with two attached hydrogens (primary N) is 2. The molecule has 1 aliphatic heterocycles. The Labute approximate surface area is 195 Å². The Hall–Kier alpha value is -4.09. The molecule has 3 aromatic rings. The predicted molar refractivity (Wildman–Crippen MR) is 126 cm³/mol. The number of nitrogens with zero attached hydrogens (tertiary/aromatic N) is 4. The fourth-order valence-corrected chi connectivity index (χ4v) is 3.48. The molecule has 0 saturated carbocycles. The number of ketones is 1. The molecule has 2 aromatic heterocycles. The van der Waals surface area contributed by atoms with Crippen LogP contribution >= 0.6 is 0 Å². The number of anilines is 1. The molecule has 1 amide bonds. The fourth-order valence-electron chi connectivity index (χ4n) is 3.48. The smallest absolute Gasteiger partial charge is 0.253 e. The molecule has 0 aliphatic carbocycles. The number of hydrazine groups is 1. The van der Waals surface area contributed by atoms with Crippen molar-refractivity contribution >= 4 is 34.7 Å². The van der Waals surface area contributed by atoms with Gasteiger partial charge in [0.1, 0.15) is 0 Å². The van der Waals surface area contributed by atoms with Gasteiger partial charge in [0, 0.05) is 50.3 Å². The van der Waals surface area contributed by atoms with Crippen molar-refractivity contribution in [3.63, 3.8) is 0 Å². The number of likely N-dealkylation sites (N-methyl/N-ethyl adjacent to an activating group) is 1. The average Bonchev–Trinajstić information content (AvgIpc) is 3.31. The summed E-state index contributed by atoms with van der Waals surface area (Å²) in [4.78, 5) is 44.6. The number of carbonyl (C=O) groups is 3. The van der Waals surface area contributed by atoms with Gasteiger partial charge in [0.15, 0.2) is 17.9 Å². The fraction of sp³-hybridized carbons (Fsp3) is 0.217. The van der Waals surface area contributed by atoms with Crippen molar-refractivity contribution in [1.82, 2.24) is 19.8 Å². The minimum absolute atomic E-state index is 0.0389. The molecule has 0 spiro atoms. The average molecular weight is 468 g/mol. The molecule has 4 rings (SSSR count). The zero-order valence-electron chi connectivity index (χ0n) is 18.6. The summed E-state index contributed by atoms with van der Waals surface area (Å²) >= 11 is 0. The first-order chi connectivity index (χ1) is 16.4. The predicted octanol–water partition coefficient (Wildman–Crippen LogP) is 1.27. The monoisotopic (exact) mass is 467 g/mol. The molecule has 0 bridgehead atoms. The normalized spacial score (nSPS) is 14.0. The lowest BCUT2D eigenvalue weighted by Gasteiger charge is -2.32. The topological polar surface area (TPSA) is 142 Å². The second kappa shape index (κ2) is 11.2. The van der Waals surface area contributed by atoms with Gasteiger partial charge in [0.25, 0.3) is 5.91 Å². The van der Waals surface area contributed by atoms with Crippen LogP contribution in [0.25, 0.3) is 10.9 Å². The van der Waals surface area contributed by atoms with Crippen molar-refractivity contribution in [2.45, 2.75) is 0 Å². The molecular formula is C23H26FN7O3. The first-order valence-electron chi connectivity index (χ1n) is 10.5. The van der Waals surface area contributed by atoms with E-state index < -0.39 is 11.6 Å². The van der Waals surface area contributed by atoms with Gasteiger partial charge in [0.05, 0.1) is 22.7 Å². The number of aromatic amines is 1. The number of aromatic nitrogens is 2. The molecule has 10 nitrogen and oxygen atoms in total. The van der Waals surface area contributed by atoms with E-state index >= 15 is 0 Å². The van der Waals surface area contributed by atoms with Gasteiger partial charge < -0.3 is 20.5 Å². The number of hydrogen-bond acceptors (Lipinski definition) is 8. The quantitative estimate of drug-likeness (QED) is 0.167. The van der Waals surface area contributed by atoms with Crippen LogP contribution in [0, 0.1) is 5.82 Å². The number of amides is 1. The van der Waals surface area contributed by atoms with Crippen LogP contribution in [0.3, 0.4) is 0 Å². The Morgan fingerprint density at radius 1 is 1.18 bits per heavy atom. The van der Waals surface area contributed by atoms with Crippen LogP contribution in [0.2, 0.25) is 0 Å². The molecule has 5 N–H and O–H groups in total. The second-order valence-corrected chi connectivity index (χ2v) is 7.57. The SMILES string of the molecule is CN1CCN(C(=O)c2ccccc2)CC1.N/C=C\N(N)c1ncc(F)c2c(C(=O)C=O)c[nH]c12. The molecule has 1 aliphatic rings. The summed E-state index contributed by atoms with van der Waals surface area (Å²) in [6.45, 7) is 3.62. The molecule has 1 aromatic carbocycles. The maximum absolute atomic E-state index is 13.8. The lowest BCUT2D eigenvalue weighted by Crippen LogP contribution is -2.47. The number of fused-ring (bicyclic) bond motifs is 1. The van der Waals surface area contributed by atoms with Crippen molar-refractivity contribution in [2.24, 2.45) is 11.6 Å². The lowest BCUT2D eigenvalue weighted by molar-refractivity contribution is -0.104. The first kappa shape index (κ1) is 24.6. The molecule has 0 unspecified atom stereocenters. The van der Waals surface area contributed by atoms with Crippen LogP contribution in [-0.2, 0) is 4.79 Å². The van der Waals surface area contributed by atoms with Crippen molar-refractivity contribution in [3.8, 4) is 0 Å². The number of H-pyrrole nitrogens is 1. The summed E-state index contributed by atoms with van der Waals surface area (Å²) < 4.78 is 13.8. The van der Waals surface area contributed by atoms with Crippen molar-refractivity contribution in [3.05, 3.63) is 72.1 Å². The summed E-state index contributed by atoms with van der Waals surface area (Å²) in [6, 6.07) is 9.49. The van der Waals surface area contributed by atoms with Crippen LogP contribution in [0.15, 0.2) is 55.1 Å². The van der Waals surface area contributed by atoms with Gasteiger partial charge in [-0.3, -0.25) is 19.4 Å². The zero-order valence-corrected chi connectivity index (χ0v) is 18.6. The third-order valence-corrected chi connectivity index (χ3v) is 5.32. The Bertz CT molecular complexity index is 1190. The lowest BCUT2D eigenvalue weighted by atomic mass is 10.1. The Kier molecular flexibility index (Phi) is 8.06. The molecule has 1 saturated heterocycles. The summed E-state index contributed by atoms with van der Waals surface area (Å²) in [7, 11) is 2.09. The molecule has 178 valence electrons. The standard InChI is InChI=1S/C12H16N2O.C11H10FN5O2/c1-13-7-9-14(10-8-13)12(15)11-5-3-2-4-6-11;12-7-4-16-11(17(14)2-1-13)10-9(7)6(3-15-10)8(19)5-18/h2-6H,7-10H2,1H3;1-5,15H,13-14H2/b;2-1-. The maximum Gasteiger partial charge on any atom is 0.253 e. The minimum atomic E-state index is -0.833. The van der Waals surface area contributed by atoms with Gasteiger partial charge in [0.2, 0.25) is 5.78 Å². The van der Waals surface area contributed by atoms with Crippen molar-refractivity contribution in [2.75, 3.05) is 38.2 Å². The third kappa shape index (κ3) is 5.45. The number of benzene rings is 1. The number of hydrogen-bond donors (Lipinski definition) is 3. The van der Waals surface area contributed by atoms with Gasteiger partial charge in [-0.15, -0.1) is 0 Å². The summed E-state index contributed by atoms with van der Waals surface area (Å²) in [6.07, 6.45) is 4.74. The van der Waals surface area contributed by atoms with Crippen LogP contribution in [0.4, 0.5) is 10.2 Å². The summed E-state index contributed by atoms with van der Waals surface area (Å²) in [5.74, 6) is 4.41. The first-order valence-corrected chi connectivity index (χ1v) is 10.5.